The summed E-state index contributed by atoms with van der Waals surface area (Å²) in [5.74, 6) is 0. The highest BCUT2D eigenvalue weighted by Crippen LogP contribution is 2.25. The van der Waals surface area contributed by atoms with Gasteiger partial charge in [-0.15, -0.1) is 0 Å². The van der Waals surface area contributed by atoms with Crippen LogP contribution in [0, 0.1) is 13.8 Å². The standard InChI is InChI=1S/C13H14N2/c1-9-5-11(8-15-7-9)13-6-12(14)4-3-10(13)2/h3-8H,14H2,1-2H3. The lowest BCUT2D eigenvalue weighted by Gasteiger charge is -2.07. The Kier molecular flexibility index (Phi) is 2.42. The normalized spacial score (nSPS) is 10.3. The van der Waals surface area contributed by atoms with E-state index >= 15 is 0 Å². The Bertz CT molecular complexity index is 490. The van der Waals surface area contributed by atoms with Crippen LogP contribution in [0.1, 0.15) is 11.1 Å². The highest BCUT2D eigenvalue weighted by molar-refractivity contribution is 5.70. The molecule has 0 aliphatic carbocycles. The molecule has 2 rings (SSSR count). The molecule has 0 aliphatic rings. The van der Waals surface area contributed by atoms with Crippen molar-refractivity contribution in [3.63, 3.8) is 0 Å². The molecule has 2 nitrogen and oxygen atoms in total. The van der Waals surface area contributed by atoms with Gasteiger partial charge < -0.3 is 5.73 Å². The summed E-state index contributed by atoms with van der Waals surface area (Å²) in [6.45, 7) is 4.12. The number of anilines is 1. The molecule has 0 spiro atoms. The molecule has 0 aliphatic heterocycles. The van der Waals surface area contributed by atoms with Crippen molar-refractivity contribution in [2.45, 2.75) is 13.8 Å². The van der Waals surface area contributed by atoms with E-state index in [1.54, 1.807) is 0 Å². The summed E-state index contributed by atoms with van der Waals surface area (Å²) >= 11 is 0. The van der Waals surface area contributed by atoms with E-state index in [1.165, 1.54) is 5.56 Å². The Balaban J connectivity index is 2.58. The summed E-state index contributed by atoms with van der Waals surface area (Å²) in [6.07, 6.45) is 3.72. The van der Waals surface area contributed by atoms with Crippen LogP contribution in [0.5, 0.6) is 0 Å². The third-order valence-electron chi connectivity index (χ3n) is 2.45. The fourth-order valence-corrected chi connectivity index (χ4v) is 1.65. The van der Waals surface area contributed by atoms with Crippen LogP contribution in [0.15, 0.2) is 36.7 Å². The van der Waals surface area contributed by atoms with Gasteiger partial charge in [-0.1, -0.05) is 6.07 Å². The molecule has 1 heterocycles. The summed E-state index contributed by atoms with van der Waals surface area (Å²) in [4.78, 5) is 4.19. The smallest absolute Gasteiger partial charge is 0.0346 e. The summed E-state index contributed by atoms with van der Waals surface area (Å²) in [5.41, 5.74) is 11.2. The van der Waals surface area contributed by atoms with Crippen molar-refractivity contribution in [3.05, 3.63) is 47.8 Å². The topological polar surface area (TPSA) is 38.9 Å². The van der Waals surface area contributed by atoms with Crippen molar-refractivity contribution in [2.24, 2.45) is 0 Å². The van der Waals surface area contributed by atoms with Gasteiger partial charge in [0.15, 0.2) is 0 Å². The lowest BCUT2D eigenvalue weighted by atomic mass is 10.0. The third-order valence-corrected chi connectivity index (χ3v) is 2.45. The molecule has 76 valence electrons. The van der Waals surface area contributed by atoms with Gasteiger partial charge in [0.05, 0.1) is 0 Å². The monoisotopic (exact) mass is 198 g/mol. The second kappa shape index (κ2) is 3.73. The second-order valence-electron chi connectivity index (χ2n) is 3.83. The first-order valence-corrected chi connectivity index (χ1v) is 4.95. The van der Waals surface area contributed by atoms with Crippen LogP contribution in [0.2, 0.25) is 0 Å². The van der Waals surface area contributed by atoms with Crippen LogP contribution in [0.4, 0.5) is 5.69 Å². The quantitative estimate of drug-likeness (QED) is 0.715. The molecule has 0 atom stereocenters. The molecular weight excluding hydrogens is 184 g/mol. The lowest BCUT2D eigenvalue weighted by Crippen LogP contribution is -1.90. The van der Waals surface area contributed by atoms with Gasteiger partial charge in [0, 0.05) is 23.6 Å². The van der Waals surface area contributed by atoms with Crippen LogP contribution in [-0.4, -0.2) is 4.98 Å². The molecule has 2 N–H and O–H groups in total. The predicted octanol–water partition coefficient (Wildman–Crippen LogP) is 2.95. The summed E-state index contributed by atoms with van der Waals surface area (Å²) < 4.78 is 0. The maximum absolute atomic E-state index is 5.78. The van der Waals surface area contributed by atoms with E-state index in [0.29, 0.717) is 0 Å². The lowest BCUT2D eigenvalue weighted by molar-refractivity contribution is 1.26. The first-order valence-electron chi connectivity index (χ1n) is 4.95. The van der Waals surface area contributed by atoms with Gasteiger partial charge in [-0.05, 0) is 48.7 Å². The molecule has 0 fully saturated rings. The highest BCUT2D eigenvalue weighted by Gasteiger charge is 2.02. The average molecular weight is 198 g/mol. The second-order valence-corrected chi connectivity index (χ2v) is 3.83. The van der Waals surface area contributed by atoms with Crippen molar-refractivity contribution >= 4 is 5.69 Å². The Morgan fingerprint density at radius 3 is 2.60 bits per heavy atom. The molecule has 0 bridgehead atoms. The van der Waals surface area contributed by atoms with Crippen molar-refractivity contribution < 1.29 is 0 Å². The van der Waals surface area contributed by atoms with E-state index in [4.69, 9.17) is 5.73 Å². The molecule has 1 aromatic carbocycles. The minimum atomic E-state index is 0.789. The van der Waals surface area contributed by atoms with Gasteiger partial charge in [0.1, 0.15) is 0 Å². The number of nitrogens with zero attached hydrogens (tertiary/aromatic N) is 1. The van der Waals surface area contributed by atoms with E-state index in [1.807, 2.05) is 37.5 Å². The van der Waals surface area contributed by atoms with Gasteiger partial charge in [-0.2, -0.15) is 0 Å². The van der Waals surface area contributed by atoms with Crippen LogP contribution in [0.25, 0.3) is 11.1 Å². The maximum Gasteiger partial charge on any atom is 0.0346 e. The van der Waals surface area contributed by atoms with Gasteiger partial charge >= 0.3 is 0 Å². The zero-order valence-electron chi connectivity index (χ0n) is 8.99. The van der Waals surface area contributed by atoms with Gasteiger partial charge in [-0.25, -0.2) is 0 Å². The van der Waals surface area contributed by atoms with E-state index in [9.17, 15) is 0 Å². The number of aryl methyl sites for hydroxylation is 2. The summed E-state index contributed by atoms with van der Waals surface area (Å²) in [5, 5.41) is 0. The van der Waals surface area contributed by atoms with E-state index in [-0.39, 0.29) is 0 Å². The number of benzene rings is 1. The number of aromatic nitrogens is 1. The van der Waals surface area contributed by atoms with Crippen LogP contribution in [-0.2, 0) is 0 Å². The molecule has 2 heteroatoms. The number of hydrogen-bond acceptors (Lipinski definition) is 2. The summed E-state index contributed by atoms with van der Waals surface area (Å²) in [7, 11) is 0. The molecular formula is C13H14N2. The SMILES string of the molecule is Cc1cncc(-c2cc(N)ccc2C)c1. The maximum atomic E-state index is 5.78. The molecule has 0 radical (unpaired) electrons. The molecule has 15 heavy (non-hydrogen) atoms. The number of nitrogens with two attached hydrogens (primary N) is 1. The van der Waals surface area contributed by atoms with Gasteiger partial charge in [0.25, 0.3) is 0 Å². The predicted molar refractivity (Wildman–Crippen MR) is 63.6 cm³/mol. The molecule has 0 unspecified atom stereocenters. The molecule has 0 saturated heterocycles. The van der Waals surface area contributed by atoms with E-state index in [2.05, 4.69) is 18.0 Å². The molecule has 1 aromatic heterocycles. The molecule has 0 amide bonds. The number of nitrogen functional groups attached to an aromatic ring is 1. The van der Waals surface area contributed by atoms with Crippen LogP contribution in [0.3, 0.4) is 0 Å². The van der Waals surface area contributed by atoms with Gasteiger partial charge in [-0.3, -0.25) is 4.98 Å². The Hall–Kier alpha value is -1.83. The van der Waals surface area contributed by atoms with E-state index < -0.39 is 0 Å². The fraction of sp³-hybridized carbons (Fsp3) is 0.154. The minimum Gasteiger partial charge on any atom is -0.399 e. The van der Waals surface area contributed by atoms with Crippen molar-refractivity contribution in [3.8, 4) is 11.1 Å². The number of rotatable bonds is 1. The third kappa shape index (κ3) is 1.99. The first-order chi connectivity index (χ1) is 7.16. The van der Waals surface area contributed by atoms with Crippen molar-refractivity contribution in [1.82, 2.24) is 4.98 Å². The number of hydrogen-bond donors (Lipinski definition) is 1. The summed E-state index contributed by atoms with van der Waals surface area (Å²) in [6, 6.07) is 8.07. The van der Waals surface area contributed by atoms with Gasteiger partial charge in [0.2, 0.25) is 0 Å². The van der Waals surface area contributed by atoms with Crippen LogP contribution >= 0.6 is 0 Å². The molecule has 2 aromatic rings. The number of pyridine rings is 1. The highest BCUT2D eigenvalue weighted by atomic mass is 14.6. The van der Waals surface area contributed by atoms with Crippen molar-refractivity contribution in [1.29, 1.82) is 0 Å². The average Bonchev–Trinajstić information content (AvgIpc) is 2.22. The minimum absolute atomic E-state index is 0.789. The zero-order chi connectivity index (χ0) is 10.8. The Morgan fingerprint density at radius 2 is 1.87 bits per heavy atom. The Labute approximate surface area is 89.8 Å². The zero-order valence-corrected chi connectivity index (χ0v) is 8.99. The Morgan fingerprint density at radius 1 is 1.07 bits per heavy atom. The molecule has 0 saturated carbocycles. The van der Waals surface area contributed by atoms with Crippen LogP contribution < -0.4 is 5.73 Å². The van der Waals surface area contributed by atoms with E-state index in [0.717, 1.165) is 22.4 Å². The first kappa shape index (κ1) is 9.71. The fourth-order valence-electron chi connectivity index (χ4n) is 1.65. The van der Waals surface area contributed by atoms with Crippen molar-refractivity contribution in [2.75, 3.05) is 5.73 Å². The largest absolute Gasteiger partial charge is 0.399 e.